The number of hydrogen-bond acceptors (Lipinski definition) is 3. The first-order chi connectivity index (χ1) is 15.5. The molecule has 0 radical (unpaired) electrons. The fraction of sp³-hybridized carbons (Fsp3) is 0.259. The van der Waals surface area contributed by atoms with Crippen molar-refractivity contribution in [2.75, 3.05) is 28.2 Å². The number of nitrogens with one attached hydrogen (secondary N) is 1. The fourth-order valence-electron chi connectivity index (χ4n) is 4.36. The van der Waals surface area contributed by atoms with E-state index in [0.29, 0.717) is 12.0 Å². The number of hydrogen-bond donors (Lipinski definition) is 1. The minimum Gasteiger partial charge on any atom is -0.372 e. The van der Waals surface area contributed by atoms with Crippen LogP contribution >= 0.6 is 0 Å². The smallest absolute Gasteiger partial charge is 0.259 e. The zero-order valence-electron chi connectivity index (χ0n) is 18.8. The van der Waals surface area contributed by atoms with Crippen LogP contribution in [0.25, 0.3) is 0 Å². The lowest BCUT2D eigenvalue weighted by Gasteiger charge is -2.26. The Hall–Kier alpha value is -3.60. The first-order valence-corrected chi connectivity index (χ1v) is 11.2. The molecule has 0 spiro atoms. The molecule has 0 bridgehead atoms. The molecule has 0 aliphatic carbocycles. The van der Waals surface area contributed by atoms with Crippen LogP contribution in [0.5, 0.6) is 0 Å². The number of carbonyl (C=O) groups excluding carboxylic acids is 2. The van der Waals surface area contributed by atoms with Crippen molar-refractivity contribution in [3.8, 4) is 0 Å². The van der Waals surface area contributed by atoms with Crippen LogP contribution < -0.4 is 15.1 Å². The number of para-hydroxylation sites is 1. The van der Waals surface area contributed by atoms with Gasteiger partial charge in [-0.2, -0.15) is 0 Å². The van der Waals surface area contributed by atoms with Crippen LogP contribution in [0.3, 0.4) is 0 Å². The van der Waals surface area contributed by atoms with Crippen LogP contribution in [0.4, 0.5) is 17.1 Å². The Morgan fingerprint density at radius 3 is 2.34 bits per heavy atom. The average molecular weight is 428 g/mol. The van der Waals surface area contributed by atoms with E-state index in [1.807, 2.05) is 61.5 Å². The van der Waals surface area contributed by atoms with Gasteiger partial charge >= 0.3 is 0 Å². The van der Waals surface area contributed by atoms with E-state index in [2.05, 4.69) is 30.1 Å². The minimum absolute atomic E-state index is 0.163. The zero-order valence-corrected chi connectivity index (χ0v) is 18.8. The van der Waals surface area contributed by atoms with Crippen molar-refractivity contribution in [1.82, 2.24) is 0 Å². The van der Waals surface area contributed by atoms with Gasteiger partial charge < -0.3 is 10.2 Å². The summed E-state index contributed by atoms with van der Waals surface area (Å²) in [6.07, 6.45) is 0.497. The summed E-state index contributed by atoms with van der Waals surface area (Å²) < 4.78 is 0. The number of fused-ring (bicyclic) bond motifs is 1. The SMILES string of the molecule is CCN(CC)c1ccc(NC(=O)[C@H]2Cc3ccccc3N2C(=O)c2ccccc2)c(C)c1. The summed E-state index contributed by atoms with van der Waals surface area (Å²) in [6, 6.07) is 22.4. The molecule has 5 heteroatoms. The minimum atomic E-state index is -0.595. The number of amides is 2. The molecule has 2 amide bonds. The van der Waals surface area contributed by atoms with Gasteiger partial charge in [0.1, 0.15) is 6.04 Å². The summed E-state index contributed by atoms with van der Waals surface area (Å²) in [7, 11) is 0. The summed E-state index contributed by atoms with van der Waals surface area (Å²) in [5, 5.41) is 3.07. The lowest BCUT2D eigenvalue weighted by atomic mass is 10.1. The summed E-state index contributed by atoms with van der Waals surface area (Å²) in [6.45, 7) is 8.12. The molecule has 0 unspecified atom stereocenters. The van der Waals surface area contributed by atoms with Crippen molar-refractivity contribution >= 4 is 28.9 Å². The average Bonchev–Trinajstić information content (AvgIpc) is 3.21. The van der Waals surface area contributed by atoms with Crippen molar-refractivity contribution in [1.29, 1.82) is 0 Å². The normalized spacial score (nSPS) is 14.7. The van der Waals surface area contributed by atoms with Gasteiger partial charge in [-0.05, 0) is 68.3 Å². The van der Waals surface area contributed by atoms with Gasteiger partial charge in [0.05, 0.1) is 0 Å². The van der Waals surface area contributed by atoms with E-state index in [9.17, 15) is 9.59 Å². The maximum atomic E-state index is 13.4. The van der Waals surface area contributed by atoms with Crippen LogP contribution in [0, 0.1) is 6.92 Å². The highest BCUT2D eigenvalue weighted by Gasteiger charge is 2.38. The number of benzene rings is 3. The van der Waals surface area contributed by atoms with Crippen molar-refractivity contribution < 1.29 is 9.59 Å². The Labute approximate surface area is 189 Å². The zero-order chi connectivity index (χ0) is 22.7. The Morgan fingerprint density at radius 1 is 0.969 bits per heavy atom. The van der Waals surface area contributed by atoms with E-state index in [1.165, 1.54) is 0 Å². The maximum Gasteiger partial charge on any atom is 0.259 e. The molecule has 1 atom stereocenters. The lowest BCUT2D eigenvalue weighted by Crippen LogP contribution is -2.45. The third kappa shape index (κ3) is 4.11. The van der Waals surface area contributed by atoms with Gasteiger partial charge in [-0.15, -0.1) is 0 Å². The predicted octanol–water partition coefficient (Wildman–Crippen LogP) is 5.05. The lowest BCUT2D eigenvalue weighted by molar-refractivity contribution is -0.117. The van der Waals surface area contributed by atoms with E-state index in [4.69, 9.17) is 0 Å². The summed E-state index contributed by atoms with van der Waals surface area (Å²) in [5.74, 6) is -0.339. The molecule has 1 aliphatic heterocycles. The fourth-order valence-corrected chi connectivity index (χ4v) is 4.36. The number of nitrogens with zero attached hydrogens (tertiary/aromatic N) is 2. The summed E-state index contributed by atoms with van der Waals surface area (Å²) >= 11 is 0. The van der Waals surface area contributed by atoms with E-state index in [1.54, 1.807) is 17.0 Å². The second-order valence-corrected chi connectivity index (χ2v) is 8.05. The molecule has 3 aromatic rings. The largest absolute Gasteiger partial charge is 0.372 e. The monoisotopic (exact) mass is 427 g/mol. The molecule has 0 saturated carbocycles. The molecule has 1 aliphatic rings. The molecular formula is C27H29N3O2. The van der Waals surface area contributed by atoms with E-state index in [0.717, 1.165) is 41.3 Å². The molecule has 4 rings (SSSR count). The highest BCUT2D eigenvalue weighted by Crippen LogP contribution is 2.34. The van der Waals surface area contributed by atoms with Crippen LogP contribution in [-0.4, -0.2) is 30.9 Å². The summed E-state index contributed by atoms with van der Waals surface area (Å²) in [4.78, 5) is 30.7. The van der Waals surface area contributed by atoms with E-state index >= 15 is 0 Å². The Morgan fingerprint density at radius 2 is 1.66 bits per heavy atom. The van der Waals surface area contributed by atoms with E-state index < -0.39 is 6.04 Å². The third-order valence-corrected chi connectivity index (χ3v) is 6.11. The van der Waals surface area contributed by atoms with Crippen molar-refractivity contribution in [3.05, 3.63) is 89.5 Å². The topological polar surface area (TPSA) is 52.7 Å². The highest BCUT2D eigenvalue weighted by molar-refractivity contribution is 6.13. The number of aryl methyl sites for hydroxylation is 1. The molecule has 0 fully saturated rings. The van der Waals surface area contributed by atoms with Gasteiger partial charge in [0.25, 0.3) is 5.91 Å². The molecule has 1 N–H and O–H groups in total. The van der Waals surface area contributed by atoms with Crippen molar-refractivity contribution in [2.45, 2.75) is 33.2 Å². The van der Waals surface area contributed by atoms with Gasteiger partial charge in [-0.1, -0.05) is 36.4 Å². The number of anilines is 3. The van der Waals surface area contributed by atoms with Gasteiger partial charge in [-0.3, -0.25) is 14.5 Å². The molecule has 3 aromatic carbocycles. The molecule has 164 valence electrons. The van der Waals surface area contributed by atoms with Gasteiger partial charge in [0, 0.05) is 42.1 Å². The first-order valence-electron chi connectivity index (χ1n) is 11.2. The van der Waals surface area contributed by atoms with Gasteiger partial charge in [0.2, 0.25) is 5.91 Å². The van der Waals surface area contributed by atoms with Crippen LogP contribution in [-0.2, 0) is 11.2 Å². The van der Waals surface area contributed by atoms with Crippen LogP contribution in [0.2, 0.25) is 0 Å². The third-order valence-electron chi connectivity index (χ3n) is 6.11. The number of rotatable bonds is 6. The predicted molar refractivity (Wildman–Crippen MR) is 131 cm³/mol. The van der Waals surface area contributed by atoms with Gasteiger partial charge in [0.15, 0.2) is 0 Å². The standard InChI is InChI=1S/C27H29N3O2/c1-4-29(5-2)22-15-16-23(19(3)17-22)28-26(31)25-18-21-13-9-10-14-24(21)30(25)27(32)20-11-7-6-8-12-20/h6-17,25H,4-5,18H2,1-3H3,(H,28,31)/t25-/m1/s1. The molecule has 5 nitrogen and oxygen atoms in total. The molecule has 1 heterocycles. The van der Waals surface area contributed by atoms with E-state index in [-0.39, 0.29) is 11.8 Å². The molecule has 0 aromatic heterocycles. The second kappa shape index (κ2) is 9.27. The Balaban J connectivity index is 1.61. The van der Waals surface area contributed by atoms with Gasteiger partial charge in [-0.25, -0.2) is 0 Å². The molecule has 32 heavy (non-hydrogen) atoms. The second-order valence-electron chi connectivity index (χ2n) is 8.05. The van der Waals surface area contributed by atoms with Crippen molar-refractivity contribution in [3.63, 3.8) is 0 Å². The Kier molecular flexibility index (Phi) is 6.26. The van der Waals surface area contributed by atoms with Crippen LogP contribution in [0.1, 0.15) is 35.3 Å². The van der Waals surface area contributed by atoms with Crippen LogP contribution in [0.15, 0.2) is 72.8 Å². The maximum absolute atomic E-state index is 13.4. The Bertz CT molecular complexity index is 1120. The van der Waals surface area contributed by atoms with Crippen molar-refractivity contribution in [2.24, 2.45) is 0 Å². The molecule has 0 saturated heterocycles. The molecular weight excluding hydrogens is 398 g/mol. The number of carbonyl (C=O) groups is 2. The highest BCUT2D eigenvalue weighted by atomic mass is 16.2. The first kappa shape index (κ1) is 21.6. The summed E-state index contributed by atoms with van der Waals surface area (Å²) in [5.41, 5.74) is 5.29. The quantitative estimate of drug-likeness (QED) is 0.599.